The van der Waals surface area contributed by atoms with Gasteiger partial charge >= 0.3 is 0 Å². The van der Waals surface area contributed by atoms with E-state index in [1.165, 1.54) is 7.11 Å². The highest BCUT2D eigenvalue weighted by molar-refractivity contribution is 6.31. The number of primary amides is 1. The second-order valence-corrected chi connectivity index (χ2v) is 9.27. The predicted molar refractivity (Wildman–Crippen MR) is 137 cm³/mol. The van der Waals surface area contributed by atoms with Crippen molar-refractivity contribution in [3.8, 4) is 17.2 Å². The van der Waals surface area contributed by atoms with Crippen LogP contribution in [0.3, 0.4) is 0 Å². The lowest BCUT2D eigenvalue weighted by atomic mass is 9.97. The number of ketones is 1. The summed E-state index contributed by atoms with van der Waals surface area (Å²) in [6, 6.07) is 10.1. The summed E-state index contributed by atoms with van der Waals surface area (Å²) in [6.45, 7) is 3.21. The molecular formula is C27H28ClN3O5. The number of likely N-dealkylation sites (tertiary alicyclic amines) is 1. The summed E-state index contributed by atoms with van der Waals surface area (Å²) >= 11 is 6.49. The molecule has 188 valence electrons. The Morgan fingerprint density at radius 3 is 2.67 bits per heavy atom. The molecule has 1 fully saturated rings. The molecule has 1 atom stereocenters. The maximum atomic E-state index is 12.7. The van der Waals surface area contributed by atoms with Crippen molar-refractivity contribution in [3.05, 3.63) is 58.7 Å². The number of benzene rings is 2. The average Bonchev–Trinajstić information content (AvgIpc) is 3.32. The molecule has 4 rings (SSSR count). The van der Waals surface area contributed by atoms with Crippen LogP contribution in [0.1, 0.15) is 42.1 Å². The number of Topliss-reactive ketones (excluding diaryl/α,β-unsaturated/α-hetero) is 1. The topological polar surface area (TPSA) is 112 Å². The van der Waals surface area contributed by atoms with E-state index in [1.807, 2.05) is 11.8 Å². The highest BCUT2D eigenvalue weighted by Crippen LogP contribution is 2.34. The molecule has 36 heavy (non-hydrogen) atoms. The molecule has 1 unspecified atom stereocenters. The highest BCUT2D eigenvalue weighted by Gasteiger charge is 2.27. The number of amides is 2. The van der Waals surface area contributed by atoms with Gasteiger partial charge in [-0.25, -0.2) is 0 Å². The molecule has 0 spiro atoms. The Morgan fingerprint density at radius 1 is 1.17 bits per heavy atom. The lowest BCUT2D eigenvalue weighted by molar-refractivity contribution is -0.130. The van der Waals surface area contributed by atoms with E-state index < -0.39 is 5.91 Å². The molecule has 0 aliphatic carbocycles. The van der Waals surface area contributed by atoms with E-state index in [1.54, 1.807) is 42.6 Å². The molecule has 1 saturated heterocycles. The molecule has 2 N–H and O–H groups in total. The van der Waals surface area contributed by atoms with E-state index in [-0.39, 0.29) is 29.6 Å². The van der Waals surface area contributed by atoms with Crippen LogP contribution in [-0.2, 0) is 16.0 Å². The largest absolute Gasteiger partial charge is 0.496 e. The van der Waals surface area contributed by atoms with Gasteiger partial charge in [0.1, 0.15) is 23.0 Å². The second kappa shape index (κ2) is 11.0. The number of aromatic nitrogens is 1. The highest BCUT2D eigenvalue weighted by atomic mass is 35.5. The number of halogens is 1. The minimum absolute atomic E-state index is 0.0921. The van der Waals surface area contributed by atoms with E-state index in [9.17, 15) is 14.4 Å². The zero-order chi connectivity index (χ0) is 25.8. The van der Waals surface area contributed by atoms with E-state index in [4.69, 9.17) is 26.8 Å². The summed E-state index contributed by atoms with van der Waals surface area (Å²) in [7, 11) is 1.46. The molecule has 2 heterocycles. The van der Waals surface area contributed by atoms with Gasteiger partial charge in [-0.2, -0.15) is 0 Å². The summed E-state index contributed by atoms with van der Waals surface area (Å²) in [4.78, 5) is 42.6. The maximum Gasteiger partial charge on any atom is 0.252 e. The normalized spacial score (nSPS) is 15.2. The monoisotopic (exact) mass is 509 g/mol. The van der Waals surface area contributed by atoms with Crippen LogP contribution in [0.15, 0.2) is 42.6 Å². The minimum Gasteiger partial charge on any atom is -0.496 e. The SMILES string of the molecule is CCC(=O)N1CCC(CC(=O)Cc2ccc(Oc3ccnc4cc(OC)c(C(N)=O)cc34)cc2Cl)C1. The Balaban J connectivity index is 1.46. The predicted octanol–water partition coefficient (Wildman–Crippen LogP) is 4.55. The number of carbonyl (C=O) groups is 3. The first-order valence-corrected chi connectivity index (χ1v) is 12.2. The number of fused-ring (bicyclic) bond motifs is 1. The summed E-state index contributed by atoms with van der Waals surface area (Å²) in [5, 5.41) is 1.02. The fourth-order valence-corrected chi connectivity index (χ4v) is 4.75. The molecule has 1 aliphatic rings. The van der Waals surface area contributed by atoms with Crippen LogP contribution in [0.2, 0.25) is 5.02 Å². The van der Waals surface area contributed by atoms with Crippen molar-refractivity contribution in [1.82, 2.24) is 9.88 Å². The molecule has 0 saturated carbocycles. The van der Waals surface area contributed by atoms with E-state index >= 15 is 0 Å². The van der Waals surface area contributed by atoms with Crippen molar-refractivity contribution in [3.63, 3.8) is 0 Å². The lowest BCUT2D eigenvalue weighted by Gasteiger charge is -2.15. The molecule has 1 aliphatic heterocycles. The standard InChI is InChI=1S/C27H28ClN3O5/c1-3-26(33)31-9-7-16(15-31)10-18(32)11-17-4-5-19(12-22(17)28)36-24-6-8-30-23-14-25(35-2)21(27(29)34)13-20(23)24/h4-6,8,12-14,16H,3,7,9-11,15H2,1-2H3,(H2,29,34). The minimum atomic E-state index is -0.622. The van der Waals surface area contributed by atoms with Crippen molar-refractivity contribution in [2.45, 2.75) is 32.6 Å². The number of rotatable bonds is 9. The van der Waals surface area contributed by atoms with Gasteiger partial charge in [0, 0.05) is 55.0 Å². The quantitative estimate of drug-likeness (QED) is 0.453. The van der Waals surface area contributed by atoms with Gasteiger partial charge < -0.3 is 20.1 Å². The molecule has 9 heteroatoms. The van der Waals surface area contributed by atoms with Gasteiger partial charge in [-0.1, -0.05) is 24.6 Å². The van der Waals surface area contributed by atoms with Gasteiger partial charge in [-0.3, -0.25) is 19.4 Å². The second-order valence-electron chi connectivity index (χ2n) is 8.87. The van der Waals surface area contributed by atoms with Gasteiger partial charge in [0.15, 0.2) is 0 Å². The van der Waals surface area contributed by atoms with Crippen molar-refractivity contribution >= 4 is 40.1 Å². The van der Waals surface area contributed by atoms with Gasteiger partial charge in [0.05, 0.1) is 18.2 Å². The third-order valence-corrected chi connectivity index (χ3v) is 6.74. The van der Waals surface area contributed by atoms with Gasteiger partial charge in [0.2, 0.25) is 5.91 Å². The summed E-state index contributed by atoms with van der Waals surface area (Å²) < 4.78 is 11.3. The van der Waals surface area contributed by atoms with Crippen molar-refractivity contribution in [1.29, 1.82) is 0 Å². The molecule has 1 aromatic heterocycles. The van der Waals surface area contributed by atoms with Crippen LogP contribution < -0.4 is 15.2 Å². The zero-order valence-electron chi connectivity index (χ0n) is 20.3. The van der Waals surface area contributed by atoms with Gasteiger partial charge in [0.25, 0.3) is 5.91 Å². The summed E-state index contributed by atoms with van der Waals surface area (Å²) in [6.07, 6.45) is 3.57. The first kappa shape index (κ1) is 25.4. The van der Waals surface area contributed by atoms with Crippen LogP contribution >= 0.6 is 11.6 Å². The lowest BCUT2D eigenvalue weighted by Crippen LogP contribution is -2.28. The molecule has 2 aromatic carbocycles. The van der Waals surface area contributed by atoms with Gasteiger partial charge in [-0.15, -0.1) is 0 Å². The molecule has 8 nitrogen and oxygen atoms in total. The van der Waals surface area contributed by atoms with E-state index in [0.29, 0.717) is 58.1 Å². The van der Waals surface area contributed by atoms with Crippen molar-refractivity contribution in [2.75, 3.05) is 20.2 Å². The molecule has 0 bridgehead atoms. The fraction of sp³-hybridized carbons (Fsp3) is 0.333. The zero-order valence-corrected chi connectivity index (χ0v) is 21.0. The number of nitrogens with two attached hydrogens (primary N) is 1. The van der Waals surface area contributed by atoms with Crippen molar-refractivity contribution in [2.24, 2.45) is 11.7 Å². The first-order chi connectivity index (χ1) is 17.3. The fourth-order valence-electron chi connectivity index (χ4n) is 4.52. The number of methoxy groups -OCH3 is 1. The number of nitrogens with zero attached hydrogens (tertiary/aromatic N) is 2. The van der Waals surface area contributed by atoms with Crippen LogP contribution in [0, 0.1) is 5.92 Å². The number of hydrogen-bond donors (Lipinski definition) is 1. The van der Waals surface area contributed by atoms with Crippen molar-refractivity contribution < 1.29 is 23.9 Å². The van der Waals surface area contributed by atoms with Crippen LogP contribution in [0.4, 0.5) is 0 Å². The van der Waals surface area contributed by atoms with Crippen LogP contribution in [0.25, 0.3) is 10.9 Å². The van der Waals surface area contributed by atoms with E-state index in [0.717, 1.165) is 13.0 Å². The average molecular weight is 510 g/mol. The Bertz CT molecular complexity index is 1330. The number of carbonyl (C=O) groups excluding carboxylic acids is 3. The smallest absolute Gasteiger partial charge is 0.252 e. The van der Waals surface area contributed by atoms with Crippen LogP contribution in [-0.4, -0.2) is 47.7 Å². The molecule has 2 amide bonds. The third kappa shape index (κ3) is 5.60. The Morgan fingerprint density at radius 2 is 1.97 bits per heavy atom. The van der Waals surface area contributed by atoms with E-state index in [2.05, 4.69) is 4.98 Å². The Hall–Kier alpha value is -3.65. The number of ether oxygens (including phenoxy) is 2. The Labute approximate surface area is 214 Å². The summed E-state index contributed by atoms with van der Waals surface area (Å²) in [5.41, 5.74) is 7.01. The number of pyridine rings is 1. The molecular weight excluding hydrogens is 482 g/mol. The van der Waals surface area contributed by atoms with Crippen LogP contribution in [0.5, 0.6) is 17.2 Å². The summed E-state index contributed by atoms with van der Waals surface area (Å²) in [5.74, 6) is 1.08. The van der Waals surface area contributed by atoms with Gasteiger partial charge in [-0.05, 0) is 42.2 Å². The first-order valence-electron chi connectivity index (χ1n) is 11.8. The molecule has 0 radical (unpaired) electrons. The maximum absolute atomic E-state index is 12.7. The number of hydrogen-bond acceptors (Lipinski definition) is 6. The Kier molecular flexibility index (Phi) is 7.74. The molecule has 3 aromatic rings. The third-order valence-electron chi connectivity index (χ3n) is 6.39.